The zero-order valence-corrected chi connectivity index (χ0v) is 16.0. The van der Waals surface area contributed by atoms with E-state index in [0.717, 1.165) is 16.8 Å². The number of nitrogens with zero attached hydrogens (tertiary/aromatic N) is 1. The number of anilines is 1. The Morgan fingerprint density at radius 3 is 2.34 bits per heavy atom. The summed E-state index contributed by atoms with van der Waals surface area (Å²) in [7, 11) is 0. The van der Waals surface area contributed by atoms with E-state index in [4.69, 9.17) is 0 Å². The molecule has 4 aromatic carbocycles. The number of benzene rings is 4. The molecular formula is C26H21NO2. The number of hydrogen-bond acceptors (Lipinski definition) is 2. The highest BCUT2D eigenvalue weighted by atomic mass is 16.3. The molecule has 0 spiro atoms. The lowest BCUT2D eigenvalue weighted by Gasteiger charge is -2.35. The zero-order chi connectivity index (χ0) is 19.8. The average Bonchev–Trinajstić information content (AvgIpc) is 2.76. The number of amides is 1. The second kappa shape index (κ2) is 7.10. The van der Waals surface area contributed by atoms with Gasteiger partial charge >= 0.3 is 0 Å². The van der Waals surface area contributed by atoms with Crippen LogP contribution in [0.15, 0.2) is 91.0 Å². The highest BCUT2D eigenvalue weighted by Crippen LogP contribution is 2.44. The number of phenolic OH excluding ortho intramolecular Hbond substituents is 1. The molecule has 142 valence electrons. The molecular weight excluding hydrogens is 358 g/mol. The van der Waals surface area contributed by atoms with Crippen molar-refractivity contribution in [3.8, 4) is 5.75 Å². The van der Waals surface area contributed by atoms with E-state index in [9.17, 15) is 9.90 Å². The maximum absolute atomic E-state index is 13.2. The summed E-state index contributed by atoms with van der Waals surface area (Å²) >= 11 is 0. The fourth-order valence-corrected chi connectivity index (χ4v) is 4.34. The molecule has 1 amide bonds. The molecule has 0 saturated heterocycles. The molecule has 3 heteroatoms. The molecule has 0 saturated carbocycles. The van der Waals surface area contributed by atoms with Crippen LogP contribution in [0.5, 0.6) is 5.75 Å². The van der Waals surface area contributed by atoms with Gasteiger partial charge in [0.2, 0.25) is 5.91 Å². The minimum absolute atomic E-state index is 0.0313. The fourth-order valence-electron chi connectivity index (χ4n) is 4.34. The van der Waals surface area contributed by atoms with Crippen molar-refractivity contribution < 1.29 is 9.90 Å². The number of carbonyl (C=O) groups excluding carboxylic acids is 1. The summed E-state index contributed by atoms with van der Waals surface area (Å²) in [6, 6.07) is 29.9. The van der Waals surface area contributed by atoms with Gasteiger partial charge in [-0.05, 0) is 45.7 Å². The number of hydrogen-bond donors (Lipinski definition) is 1. The van der Waals surface area contributed by atoms with Gasteiger partial charge in [0.05, 0.1) is 6.54 Å². The predicted octanol–water partition coefficient (Wildman–Crippen LogP) is 5.61. The monoisotopic (exact) mass is 379 g/mol. The normalized spacial score (nSPS) is 16.1. The number of fused-ring (bicyclic) bond motifs is 3. The summed E-state index contributed by atoms with van der Waals surface area (Å²) in [6.45, 7) is 0.563. The summed E-state index contributed by atoms with van der Waals surface area (Å²) in [4.78, 5) is 15.1. The van der Waals surface area contributed by atoms with Crippen LogP contribution in [0.3, 0.4) is 0 Å². The van der Waals surface area contributed by atoms with E-state index in [1.54, 1.807) is 12.1 Å². The Balaban J connectivity index is 1.69. The highest BCUT2D eigenvalue weighted by Gasteiger charge is 2.33. The Kier molecular flexibility index (Phi) is 4.28. The van der Waals surface area contributed by atoms with Crippen molar-refractivity contribution in [3.63, 3.8) is 0 Å². The maximum Gasteiger partial charge on any atom is 0.228 e. The lowest BCUT2D eigenvalue weighted by molar-refractivity contribution is -0.119. The average molecular weight is 379 g/mol. The summed E-state index contributed by atoms with van der Waals surface area (Å²) in [5.74, 6) is 0.325. The molecule has 0 aromatic heterocycles. The Morgan fingerprint density at radius 1 is 0.828 bits per heavy atom. The molecule has 1 N–H and O–H groups in total. The molecule has 0 bridgehead atoms. The SMILES string of the molecule is O=C1CC(c2ccc(O)cc2)c2c(ccc3ccccc23)N1Cc1ccccc1. The van der Waals surface area contributed by atoms with Crippen LogP contribution in [0.2, 0.25) is 0 Å². The minimum Gasteiger partial charge on any atom is -0.508 e. The van der Waals surface area contributed by atoms with E-state index in [0.29, 0.717) is 13.0 Å². The molecule has 1 heterocycles. The van der Waals surface area contributed by atoms with Gasteiger partial charge in [-0.1, -0.05) is 72.8 Å². The van der Waals surface area contributed by atoms with Crippen molar-refractivity contribution >= 4 is 22.4 Å². The fraction of sp³-hybridized carbons (Fsp3) is 0.115. The first-order valence-corrected chi connectivity index (χ1v) is 9.85. The largest absolute Gasteiger partial charge is 0.508 e. The first-order valence-electron chi connectivity index (χ1n) is 9.85. The van der Waals surface area contributed by atoms with E-state index < -0.39 is 0 Å². The van der Waals surface area contributed by atoms with Crippen molar-refractivity contribution in [3.05, 3.63) is 108 Å². The van der Waals surface area contributed by atoms with Crippen molar-refractivity contribution in [1.82, 2.24) is 0 Å². The Bertz CT molecular complexity index is 1180. The molecule has 0 aliphatic carbocycles. The van der Waals surface area contributed by atoms with Gasteiger partial charge in [-0.15, -0.1) is 0 Å². The number of aromatic hydroxyl groups is 1. The molecule has 1 aliphatic rings. The van der Waals surface area contributed by atoms with E-state index in [2.05, 4.69) is 42.5 Å². The van der Waals surface area contributed by atoms with Crippen molar-refractivity contribution in [2.45, 2.75) is 18.9 Å². The molecule has 1 aliphatic heterocycles. The zero-order valence-electron chi connectivity index (χ0n) is 16.0. The van der Waals surface area contributed by atoms with Crippen LogP contribution >= 0.6 is 0 Å². The smallest absolute Gasteiger partial charge is 0.228 e. The third kappa shape index (κ3) is 3.15. The molecule has 1 atom stereocenters. The van der Waals surface area contributed by atoms with Crippen LogP contribution in [-0.2, 0) is 11.3 Å². The molecule has 5 rings (SSSR count). The molecule has 29 heavy (non-hydrogen) atoms. The highest BCUT2D eigenvalue weighted by molar-refractivity contribution is 6.03. The quantitative estimate of drug-likeness (QED) is 0.502. The number of phenols is 1. The van der Waals surface area contributed by atoms with Crippen LogP contribution in [-0.4, -0.2) is 11.0 Å². The number of carbonyl (C=O) groups is 1. The van der Waals surface area contributed by atoms with Crippen molar-refractivity contribution in [2.24, 2.45) is 0 Å². The Hall–Kier alpha value is -3.59. The van der Waals surface area contributed by atoms with E-state index >= 15 is 0 Å². The molecule has 4 aromatic rings. The Morgan fingerprint density at radius 2 is 1.55 bits per heavy atom. The van der Waals surface area contributed by atoms with E-state index in [-0.39, 0.29) is 17.6 Å². The summed E-state index contributed by atoms with van der Waals surface area (Å²) < 4.78 is 0. The van der Waals surface area contributed by atoms with Gasteiger partial charge in [0.25, 0.3) is 0 Å². The molecule has 0 radical (unpaired) electrons. The first-order chi connectivity index (χ1) is 14.2. The standard InChI is InChI=1S/C26H21NO2/c28-21-13-10-20(11-14-21)23-16-25(29)27(17-18-6-2-1-3-7-18)24-15-12-19-8-4-5-9-22(19)26(23)24/h1-15,23,28H,16-17H2. The van der Waals surface area contributed by atoms with Gasteiger partial charge < -0.3 is 10.0 Å². The summed E-state index contributed by atoms with van der Waals surface area (Å²) in [5.41, 5.74) is 4.32. The minimum atomic E-state index is -0.0313. The van der Waals surface area contributed by atoms with Crippen LogP contribution in [0, 0.1) is 0 Å². The molecule has 0 fully saturated rings. The van der Waals surface area contributed by atoms with Crippen molar-refractivity contribution in [2.75, 3.05) is 4.90 Å². The van der Waals surface area contributed by atoms with Gasteiger partial charge in [-0.3, -0.25) is 4.79 Å². The maximum atomic E-state index is 13.2. The van der Waals surface area contributed by atoms with Crippen LogP contribution in [0.4, 0.5) is 5.69 Å². The molecule has 1 unspecified atom stereocenters. The summed E-state index contributed by atoms with van der Waals surface area (Å²) in [6.07, 6.45) is 0.415. The van der Waals surface area contributed by atoms with Crippen LogP contribution < -0.4 is 4.90 Å². The number of rotatable bonds is 3. The van der Waals surface area contributed by atoms with Gasteiger partial charge in [0.15, 0.2) is 0 Å². The second-order valence-corrected chi connectivity index (χ2v) is 7.53. The first kappa shape index (κ1) is 17.5. The predicted molar refractivity (Wildman–Crippen MR) is 116 cm³/mol. The van der Waals surface area contributed by atoms with Crippen molar-refractivity contribution in [1.29, 1.82) is 0 Å². The lowest BCUT2D eigenvalue weighted by atomic mass is 9.81. The second-order valence-electron chi connectivity index (χ2n) is 7.53. The third-order valence-electron chi connectivity index (χ3n) is 5.75. The Labute approximate surface area is 169 Å². The summed E-state index contributed by atoms with van der Waals surface area (Å²) in [5, 5.41) is 12.1. The topological polar surface area (TPSA) is 40.5 Å². The van der Waals surface area contributed by atoms with Gasteiger partial charge in [0, 0.05) is 18.0 Å². The molecule has 3 nitrogen and oxygen atoms in total. The van der Waals surface area contributed by atoms with Gasteiger partial charge in [-0.25, -0.2) is 0 Å². The van der Waals surface area contributed by atoms with Gasteiger partial charge in [0.1, 0.15) is 5.75 Å². The van der Waals surface area contributed by atoms with E-state index in [1.165, 1.54) is 16.3 Å². The lowest BCUT2D eigenvalue weighted by Crippen LogP contribution is -2.36. The third-order valence-corrected chi connectivity index (χ3v) is 5.75. The van der Waals surface area contributed by atoms with Gasteiger partial charge in [-0.2, -0.15) is 0 Å². The van der Waals surface area contributed by atoms with E-state index in [1.807, 2.05) is 41.3 Å². The van der Waals surface area contributed by atoms with Crippen LogP contribution in [0.25, 0.3) is 10.8 Å². The van der Waals surface area contributed by atoms with Crippen LogP contribution in [0.1, 0.15) is 29.0 Å².